The fourth-order valence-electron chi connectivity index (χ4n) is 4.94. The van der Waals surface area contributed by atoms with Crippen molar-refractivity contribution in [2.75, 3.05) is 30.4 Å². The number of anilines is 2. The molecule has 2 N–H and O–H groups in total. The third-order valence-corrected chi connectivity index (χ3v) is 9.71. The molecular formula is C29H28Cl2N4O5S2. The Morgan fingerprint density at radius 2 is 2.02 bits per heavy atom. The lowest BCUT2D eigenvalue weighted by Gasteiger charge is -2.32. The molecule has 1 aliphatic rings. The van der Waals surface area contributed by atoms with Crippen molar-refractivity contribution in [2.45, 2.75) is 38.3 Å². The number of carbonyl (C=O) groups excluding carboxylic acids is 2. The number of Topliss-reactive ketones (excluding diaryl/α,β-unsaturated/α-hetero) is 1. The van der Waals surface area contributed by atoms with Gasteiger partial charge in [0.15, 0.2) is 10.9 Å². The fourth-order valence-corrected chi connectivity index (χ4v) is 7.33. The number of nitrogens with one attached hydrogen (secondary N) is 1. The van der Waals surface area contributed by atoms with Gasteiger partial charge in [-0.15, -0.1) is 22.7 Å². The van der Waals surface area contributed by atoms with E-state index >= 15 is 0 Å². The van der Waals surface area contributed by atoms with Crippen LogP contribution in [0, 0.1) is 0 Å². The Kier molecular flexibility index (Phi) is 9.77. The first-order valence-corrected chi connectivity index (χ1v) is 15.7. The first-order valence-electron chi connectivity index (χ1n) is 13.2. The number of hydroxylamine groups is 2. The molecule has 1 aliphatic heterocycles. The minimum Gasteiger partial charge on any atom is -0.481 e. The number of rotatable bonds is 12. The third-order valence-electron chi connectivity index (χ3n) is 6.99. The molecule has 13 heteroatoms. The average Bonchev–Trinajstić information content (AvgIpc) is 3.72. The van der Waals surface area contributed by atoms with Crippen molar-refractivity contribution < 1.29 is 24.3 Å². The van der Waals surface area contributed by atoms with Gasteiger partial charge in [-0.05, 0) is 43.0 Å². The Morgan fingerprint density at radius 1 is 1.21 bits per heavy atom. The molecular weight excluding hydrogens is 619 g/mol. The molecule has 1 atom stereocenters. The number of aromatic nitrogens is 1. The molecule has 3 heterocycles. The summed E-state index contributed by atoms with van der Waals surface area (Å²) < 4.78 is 1.01. The molecule has 220 valence electrons. The summed E-state index contributed by atoms with van der Waals surface area (Å²) in [6.07, 6.45) is 3.71. The number of benzene rings is 2. The molecule has 1 fully saturated rings. The van der Waals surface area contributed by atoms with Crippen LogP contribution in [-0.4, -0.2) is 59.2 Å². The molecule has 1 amide bonds. The Balaban J connectivity index is 1.22. The van der Waals surface area contributed by atoms with E-state index in [-0.39, 0.29) is 42.3 Å². The predicted octanol–water partition coefficient (Wildman–Crippen LogP) is 6.54. The average molecular weight is 648 g/mol. The highest BCUT2D eigenvalue weighted by Gasteiger charge is 2.33. The zero-order chi connectivity index (χ0) is 29.8. The van der Waals surface area contributed by atoms with E-state index in [2.05, 4.69) is 15.2 Å². The lowest BCUT2D eigenvalue weighted by molar-refractivity contribution is -0.166. The number of carbonyl (C=O) groups is 3. The summed E-state index contributed by atoms with van der Waals surface area (Å²) in [5.74, 6) is -1.26. The topological polar surface area (TPSA) is 112 Å². The minimum absolute atomic E-state index is 0.0204. The van der Waals surface area contributed by atoms with Crippen molar-refractivity contribution >= 4 is 84.4 Å². The summed E-state index contributed by atoms with van der Waals surface area (Å²) in [5, 5.41) is 17.5. The molecule has 0 bridgehead atoms. The molecule has 5 rings (SSSR count). The second-order valence-electron chi connectivity index (χ2n) is 9.82. The predicted molar refractivity (Wildman–Crippen MR) is 167 cm³/mol. The number of carboxylic acids is 1. The number of amides is 1. The lowest BCUT2D eigenvalue weighted by Crippen LogP contribution is -2.46. The number of aliphatic carboxylic acids is 1. The van der Waals surface area contributed by atoms with Crippen LogP contribution in [0.25, 0.3) is 10.1 Å². The number of thiophene rings is 1. The van der Waals surface area contributed by atoms with Gasteiger partial charge < -0.3 is 15.3 Å². The van der Waals surface area contributed by atoms with Gasteiger partial charge in [0.05, 0.1) is 36.3 Å². The lowest BCUT2D eigenvalue weighted by atomic mass is 10.1. The van der Waals surface area contributed by atoms with Gasteiger partial charge in [-0.3, -0.25) is 19.2 Å². The van der Waals surface area contributed by atoms with Gasteiger partial charge in [0.2, 0.25) is 0 Å². The van der Waals surface area contributed by atoms with Gasteiger partial charge in [0.25, 0.3) is 5.91 Å². The Bertz CT molecular complexity index is 1620. The first kappa shape index (κ1) is 30.4. The van der Waals surface area contributed by atoms with Crippen molar-refractivity contribution in [2.24, 2.45) is 0 Å². The molecule has 9 nitrogen and oxygen atoms in total. The molecule has 42 heavy (non-hydrogen) atoms. The normalized spacial score (nSPS) is 15.0. The van der Waals surface area contributed by atoms with Gasteiger partial charge in [-0.1, -0.05) is 41.4 Å². The summed E-state index contributed by atoms with van der Waals surface area (Å²) in [5.41, 5.74) is 1.47. The highest BCUT2D eigenvalue weighted by Crippen LogP contribution is 2.34. The number of aryl methyl sites for hydroxylation is 1. The molecule has 2 aromatic heterocycles. The monoisotopic (exact) mass is 646 g/mol. The van der Waals surface area contributed by atoms with Crippen molar-refractivity contribution in [3.63, 3.8) is 0 Å². The van der Waals surface area contributed by atoms with Crippen LogP contribution < -0.4 is 10.2 Å². The maximum atomic E-state index is 13.2. The van der Waals surface area contributed by atoms with Gasteiger partial charge in [-0.25, -0.2) is 4.98 Å². The van der Waals surface area contributed by atoms with Crippen LogP contribution in [0.4, 0.5) is 10.8 Å². The molecule has 0 saturated carbocycles. The maximum Gasteiger partial charge on any atom is 0.303 e. The van der Waals surface area contributed by atoms with E-state index in [1.165, 1.54) is 29.8 Å². The smallest absolute Gasteiger partial charge is 0.303 e. The van der Waals surface area contributed by atoms with E-state index in [4.69, 9.17) is 33.1 Å². The summed E-state index contributed by atoms with van der Waals surface area (Å²) in [6, 6.07) is 10.8. The number of nitrogens with zero attached hydrogens (tertiary/aromatic N) is 3. The van der Waals surface area contributed by atoms with E-state index < -0.39 is 5.97 Å². The number of carboxylic acid groups (broad SMARTS) is 1. The van der Waals surface area contributed by atoms with Crippen LogP contribution in [-0.2, 0) is 27.3 Å². The standard InChI is InChI=1S/C29H28Cl2N4O5S2/c1-40-35(26-7-4-10-34(26)29-32-14-19(42-29)8-9-27(37)38)15-18(36)11-17-12-23(31)24(13-22(17)30)33-28(39)21-16-41-25-6-3-2-5-20(21)25/h2-3,5-6,12-14,16,26H,4,7-11,15H2,1H3,(H,33,39)(H,37,38). The second kappa shape index (κ2) is 13.5. The summed E-state index contributed by atoms with van der Waals surface area (Å²) >= 11 is 16.0. The van der Waals surface area contributed by atoms with Gasteiger partial charge in [-0.2, -0.15) is 5.06 Å². The van der Waals surface area contributed by atoms with Crippen LogP contribution in [0.15, 0.2) is 48.0 Å². The van der Waals surface area contributed by atoms with Gasteiger partial charge in [0, 0.05) is 44.5 Å². The largest absolute Gasteiger partial charge is 0.481 e. The van der Waals surface area contributed by atoms with Gasteiger partial charge >= 0.3 is 5.97 Å². The zero-order valence-electron chi connectivity index (χ0n) is 22.6. The summed E-state index contributed by atoms with van der Waals surface area (Å²) in [4.78, 5) is 50.2. The number of ketones is 1. The molecule has 4 aromatic rings. The maximum absolute atomic E-state index is 13.2. The zero-order valence-corrected chi connectivity index (χ0v) is 25.8. The molecule has 1 unspecified atom stereocenters. The van der Waals surface area contributed by atoms with E-state index in [0.717, 1.165) is 39.5 Å². The minimum atomic E-state index is -0.846. The Hall–Kier alpha value is -3.06. The van der Waals surface area contributed by atoms with Crippen LogP contribution in [0.5, 0.6) is 0 Å². The van der Waals surface area contributed by atoms with Crippen molar-refractivity contribution in [1.82, 2.24) is 10.0 Å². The second-order valence-corrected chi connectivity index (χ2v) is 12.6. The number of hydrogen-bond donors (Lipinski definition) is 2. The van der Waals surface area contributed by atoms with Crippen molar-refractivity contribution in [3.8, 4) is 0 Å². The number of hydrogen-bond acceptors (Lipinski definition) is 9. The van der Waals surface area contributed by atoms with Gasteiger partial charge in [0.1, 0.15) is 6.17 Å². The highest BCUT2D eigenvalue weighted by atomic mass is 35.5. The fraction of sp³-hybridized carbons (Fsp3) is 0.310. The quantitative estimate of drug-likeness (QED) is 0.167. The molecule has 0 radical (unpaired) electrons. The molecule has 0 aliphatic carbocycles. The van der Waals surface area contributed by atoms with E-state index in [1.54, 1.807) is 23.4 Å². The van der Waals surface area contributed by atoms with Crippen LogP contribution in [0.3, 0.4) is 0 Å². The molecule has 2 aromatic carbocycles. The highest BCUT2D eigenvalue weighted by molar-refractivity contribution is 7.17. The van der Waals surface area contributed by atoms with E-state index in [1.807, 2.05) is 29.6 Å². The number of fused-ring (bicyclic) bond motifs is 1. The summed E-state index contributed by atoms with van der Waals surface area (Å²) in [7, 11) is 1.53. The van der Waals surface area contributed by atoms with E-state index in [0.29, 0.717) is 28.3 Å². The number of thiazole rings is 1. The SMILES string of the molecule is CON(CC(=O)Cc1cc(Cl)c(NC(=O)c2csc3ccccc23)cc1Cl)C1CCCN1c1ncc(CCC(=O)O)s1. The van der Waals surface area contributed by atoms with E-state index in [9.17, 15) is 14.4 Å². The Morgan fingerprint density at radius 3 is 2.81 bits per heavy atom. The van der Waals surface area contributed by atoms with Crippen molar-refractivity contribution in [1.29, 1.82) is 0 Å². The molecule has 0 spiro atoms. The van der Waals surface area contributed by atoms with Crippen LogP contribution in [0.1, 0.15) is 40.1 Å². The molecule has 1 saturated heterocycles. The first-order chi connectivity index (χ1) is 20.2. The number of halogens is 2. The summed E-state index contributed by atoms with van der Waals surface area (Å²) in [6.45, 7) is 0.771. The van der Waals surface area contributed by atoms with Crippen LogP contribution in [0.2, 0.25) is 10.0 Å². The van der Waals surface area contributed by atoms with Crippen molar-refractivity contribution in [3.05, 3.63) is 74.0 Å². The Labute approximate surface area is 260 Å². The van der Waals surface area contributed by atoms with Crippen LogP contribution >= 0.6 is 45.9 Å². The third kappa shape index (κ3) is 6.94.